The molecular weight excluding hydrogens is 254 g/mol. The molecule has 0 aliphatic carbocycles. The van der Waals surface area contributed by atoms with E-state index in [0.717, 1.165) is 22.8 Å². The van der Waals surface area contributed by atoms with Crippen molar-refractivity contribution in [3.63, 3.8) is 0 Å². The van der Waals surface area contributed by atoms with E-state index in [-0.39, 0.29) is 0 Å². The topological polar surface area (TPSA) is 42.2 Å². The lowest BCUT2D eigenvalue weighted by molar-refractivity contribution is 0.617. The van der Waals surface area contributed by atoms with Gasteiger partial charge in [-0.3, -0.25) is 0 Å². The molecule has 0 amide bonds. The summed E-state index contributed by atoms with van der Waals surface area (Å²) in [6.07, 6.45) is 5.18. The second kappa shape index (κ2) is 5.00. The van der Waals surface area contributed by atoms with Gasteiger partial charge in [-0.05, 0) is 38.8 Å². The van der Waals surface area contributed by atoms with E-state index in [4.69, 9.17) is 5.73 Å². The number of thiazole rings is 1. The third-order valence-corrected chi connectivity index (χ3v) is 4.94. The number of anilines is 2. The largest absolute Gasteiger partial charge is 0.397 e. The highest BCUT2D eigenvalue weighted by molar-refractivity contribution is 7.18. The van der Waals surface area contributed by atoms with Gasteiger partial charge in [0.05, 0.1) is 26.6 Å². The van der Waals surface area contributed by atoms with Crippen LogP contribution in [0.4, 0.5) is 11.4 Å². The van der Waals surface area contributed by atoms with Crippen molar-refractivity contribution in [1.82, 2.24) is 4.98 Å². The molecule has 0 spiro atoms. The molecule has 1 fully saturated rings. The first kappa shape index (κ1) is 12.7. The summed E-state index contributed by atoms with van der Waals surface area (Å²) in [7, 11) is 0. The van der Waals surface area contributed by atoms with Crippen LogP contribution in [-0.4, -0.2) is 17.6 Å². The second-order valence-electron chi connectivity index (χ2n) is 5.50. The minimum absolute atomic E-state index is 0.571. The second-order valence-corrected chi connectivity index (χ2v) is 6.74. The summed E-state index contributed by atoms with van der Waals surface area (Å²) in [5, 5.41) is 1.11. The molecule has 0 saturated carbocycles. The number of hydrogen-bond donors (Lipinski definition) is 1. The molecule has 2 heterocycles. The zero-order valence-electron chi connectivity index (χ0n) is 11.6. The van der Waals surface area contributed by atoms with Crippen LogP contribution in [0.2, 0.25) is 0 Å². The molecular formula is C15H21N3S. The fourth-order valence-electron chi connectivity index (χ4n) is 2.98. The zero-order valence-corrected chi connectivity index (χ0v) is 12.5. The molecule has 4 heteroatoms. The normalized spacial score (nSPS) is 20.7. The van der Waals surface area contributed by atoms with Gasteiger partial charge < -0.3 is 10.6 Å². The maximum atomic E-state index is 6.28. The number of rotatable bonds is 1. The summed E-state index contributed by atoms with van der Waals surface area (Å²) in [5.41, 5.74) is 9.43. The zero-order chi connectivity index (χ0) is 13.4. The summed E-state index contributed by atoms with van der Waals surface area (Å²) >= 11 is 1.72. The van der Waals surface area contributed by atoms with E-state index in [0.29, 0.717) is 6.04 Å². The van der Waals surface area contributed by atoms with Gasteiger partial charge in [-0.2, -0.15) is 0 Å². The maximum absolute atomic E-state index is 6.28. The molecule has 1 saturated heterocycles. The average Bonchev–Trinajstić information content (AvgIpc) is 2.57. The van der Waals surface area contributed by atoms with Gasteiger partial charge in [0, 0.05) is 12.6 Å². The fraction of sp³-hybridized carbons (Fsp3) is 0.533. The van der Waals surface area contributed by atoms with Crippen LogP contribution in [0.25, 0.3) is 10.2 Å². The third kappa shape index (κ3) is 2.41. The SMILES string of the molecule is Cc1nc2cc(N3CCCCCC3C)c(N)cc2s1. The van der Waals surface area contributed by atoms with Crippen molar-refractivity contribution in [3.05, 3.63) is 17.1 Å². The monoisotopic (exact) mass is 275 g/mol. The van der Waals surface area contributed by atoms with Crippen molar-refractivity contribution in [1.29, 1.82) is 0 Å². The van der Waals surface area contributed by atoms with Gasteiger partial charge in [-0.15, -0.1) is 11.3 Å². The highest BCUT2D eigenvalue weighted by Gasteiger charge is 2.20. The Morgan fingerprint density at radius 3 is 3.00 bits per heavy atom. The van der Waals surface area contributed by atoms with E-state index in [1.54, 1.807) is 11.3 Å². The van der Waals surface area contributed by atoms with E-state index in [9.17, 15) is 0 Å². The number of benzene rings is 1. The summed E-state index contributed by atoms with van der Waals surface area (Å²) in [6.45, 7) is 5.47. The van der Waals surface area contributed by atoms with E-state index >= 15 is 0 Å². The van der Waals surface area contributed by atoms with Crippen molar-refractivity contribution in [2.75, 3.05) is 17.2 Å². The number of nitrogens with zero attached hydrogens (tertiary/aromatic N) is 2. The van der Waals surface area contributed by atoms with E-state index in [2.05, 4.69) is 35.9 Å². The van der Waals surface area contributed by atoms with Crippen molar-refractivity contribution in [2.45, 2.75) is 45.6 Å². The minimum atomic E-state index is 0.571. The maximum Gasteiger partial charge on any atom is 0.0907 e. The number of aryl methyl sites for hydroxylation is 1. The molecule has 1 unspecified atom stereocenters. The molecule has 2 N–H and O–H groups in total. The number of nitrogens with two attached hydrogens (primary N) is 1. The van der Waals surface area contributed by atoms with Crippen LogP contribution in [0, 0.1) is 6.92 Å². The summed E-state index contributed by atoms with van der Waals surface area (Å²) < 4.78 is 1.20. The van der Waals surface area contributed by atoms with Crippen LogP contribution in [0.15, 0.2) is 12.1 Å². The van der Waals surface area contributed by atoms with Gasteiger partial charge >= 0.3 is 0 Å². The molecule has 19 heavy (non-hydrogen) atoms. The van der Waals surface area contributed by atoms with Gasteiger partial charge in [0.15, 0.2) is 0 Å². The Morgan fingerprint density at radius 1 is 1.32 bits per heavy atom. The Balaban J connectivity index is 2.04. The third-order valence-electron chi connectivity index (χ3n) is 4.01. The quantitative estimate of drug-likeness (QED) is 0.801. The molecule has 1 aromatic heterocycles. The Labute approximate surface area is 118 Å². The lowest BCUT2D eigenvalue weighted by Crippen LogP contribution is -2.33. The Kier molecular flexibility index (Phi) is 3.35. The fourth-order valence-corrected chi connectivity index (χ4v) is 3.83. The van der Waals surface area contributed by atoms with Crippen molar-refractivity contribution < 1.29 is 0 Å². The average molecular weight is 275 g/mol. The first-order valence-corrected chi connectivity index (χ1v) is 7.90. The van der Waals surface area contributed by atoms with Crippen LogP contribution in [0.5, 0.6) is 0 Å². The number of hydrogen-bond acceptors (Lipinski definition) is 4. The molecule has 1 aromatic carbocycles. The number of nitrogen functional groups attached to an aromatic ring is 1. The molecule has 102 valence electrons. The molecule has 1 aliphatic rings. The standard InChI is InChI=1S/C15H21N3S/c1-10-6-4-3-5-7-18(10)14-9-13-15(8-12(14)16)19-11(2)17-13/h8-10H,3-7,16H2,1-2H3. The van der Waals surface area contributed by atoms with E-state index in [1.807, 2.05) is 0 Å². The van der Waals surface area contributed by atoms with Crippen LogP contribution in [0.3, 0.4) is 0 Å². The van der Waals surface area contributed by atoms with E-state index < -0.39 is 0 Å². The summed E-state index contributed by atoms with van der Waals surface area (Å²) in [5.74, 6) is 0. The molecule has 3 nitrogen and oxygen atoms in total. The molecule has 3 rings (SSSR count). The van der Waals surface area contributed by atoms with Crippen LogP contribution in [-0.2, 0) is 0 Å². The van der Waals surface area contributed by atoms with Gasteiger partial charge in [0.2, 0.25) is 0 Å². The smallest absolute Gasteiger partial charge is 0.0907 e. The Morgan fingerprint density at radius 2 is 2.16 bits per heavy atom. The minimum Gasteiger partial charge on any atom is -0.397 e. The van der Waals surface area contributed by atoms with Crippen LogP contribution >= 0.6 is 11.3 Å². The van der Waals surface area contributed by atoms with Crippen molar-refractivity contribution in [2.24, 2.45) is 0 Å². The summed E-state index contributed by atoms with van der Waals surface area (Å²) in [6, 6.07) is 4.84. The first-order valence-electron chi connectivity index (χ1n) is 7.08. The molecule has 1 aliphatic heterocycles. The highest BCUT2D eigenvalue weighted by Crippen LogP contribution is 2.34. The number of aromatic nitrogens is 1. The molecule has 0 radical (unpaired) electrons. The van der Waals surface area contributed by atoms with Crippen LogP contribution < -0.4 is 10.6 Å². The lowest BCUT2D eigenvalue weighted by atomic mass is 10.1. The van der Waals surface area contributed by atoms with Gasteiger partial charge in [-0.25, -0.2) is 4.98 Å². The Bertz CT molecular complexity index is 590. The number of fused-ring (bicyclic) bond motifs is 1. The first-order chi connectivity index (χ1) is 9.15. The predicted molar refractivity (Wildman–Crippen MR) is 84.0 cm³/mol. The van der Waals surface area contributed by atoms with E-state index in [1.165, 1.54) is 36.1 Å². The highest BCUT2D eigenvalue weighted by atomic mass is 32.1. The molecule has 2 aromatic rings. The van der Waals surface area contributed by atoms with Crippen molar-refractivity contribution >= 4 is 32.9 Å². The lowest BCUT2D eigenvalue weighted by Gasteiger charge is -2.30. The van der Waals surface area contributed by atoms with Crippen LogP contribution in [0.1, 0.15) is 37.6 Å². The van der Waals surface area contributed by atoms with Gasteiger partial charge in [0.25, 0.3) is 0 Å². The molecule has 0 bridgehead atoms. The molecule has 1 atom stereocenters. The van der Waals surface area contributed by atoms with Gasteiger partial charge in [0.1, 0.15) is 0 Å². The van der Waals surface area contributed by atoms with Gasteiger partial charge in [-0.1, -0.05) is 12.8 Å². The predicted octanol–water partition coefficient (Wildman–Crippen LogP) is 3.96. The van der Waals surface area contributed by atoms with Crippen molar-refractivity contribution in [3.8, 4) is 0 Å². The summed E-state index contributed by atoms with van der Waals surface area (Å²) in [4.78, 5) is 7.06. The Hall–Kier alpha value is -1.29.